The molecule has 1 atom stereocenters. The standard InChI is InChI=1S/C21H24N2O2S/c1-4-6-19(24)22-17-8-5-7-16(12-17)21-23(20(25)13-26-21)18-10-9-14(2)11-15(18)3/h5,7-12,21H,4,6,13H2,1-3H3,(H,22,24)/t21-/m0/s1. The summed E-state index contributed by atoms with van der Waals surface area (Å²) < 4.78 is 0. The third kappa shape index (κ3) is 3.93. The summed E-state index contributed by atoms with van der Waals surface area (Å²) in [4.78, 5) is 26.3. The SMILES string of the molecule is CCCC(=O)Nc1cccc([C@@H]2SCC(=O)N2c2ccc(C)cc2C)c1. The summed E-state index contributed by atoms with van der Waals surface area (Å²) >= 11 is 1.62. The van der Waals surface area contributed by atoms with Crippen LogP contribution in [0.3, 0.4) is 0 Å². The Labute approximate surface area is 159 Å². The summed E-state index contributed by atoms with van der Waals surface area (Å²) in [7, 11) is 0. The number of aryl methyl sites for hydroxylation is 2. The van der Waals surface area contributed by atoms with Gasteiger partial charge in [0.05, 0.1) is 5.75 Å². The molecule has 1 saturated heterocycles. The van der Waals surface area contributed by atoms with Crippen LogP contribution in [0.1, 0.15) is 41.8 Å². The summed E-state index contributed by atoms with van der Waals surface area (Å²) in [5.74, 6) is 0.600. The van der Waals surface area contributed by atoms with Crippen LogP contribution in [0, 0.1) is 13.8 Å². The zero-order chi connectivity index (χ0) is 18.7. The van der Waals surface area contributed by atoms with Gasteiger partial charge in [-0.05, 0) is 49.6 Å². The van der Waals surface area contributed by atoms with Gasteiger partial charge < -0.3 is 5.32 Å². The van der Waals surface area contributed by atoms with E-state index < -0.39 is 0 Å². The maximum Gasteiger partial charge on any atom is 0.238 e. The van der Waals surface area contributed by atoms with Gasteiger partial charge in [-0.3, -0.25) is 14.5 Å². The number of carbonyl (C=O) groups is 2. The predicted molar refractivity (Wildman–Crippen MR) is 109 cm³/mol. The van der Waals surface area contributed by atoms with Gasteiger partial charge >= 0.3 is 0 Å². The van der Waals surface area contributed by atoms with Gasteiger partial charge in [-0.25, -0.2) is 0 Å². The number of hydrogen-bond donors (Lipinski definition) is 1. The minimum absolute atomic E-state index is 0.0195. The molecule has 2 aromatic rings. The molecular weight excluding hydrogens is 344 g/mol. The molecule has 1 heterocycles. The second-order valence-electron chi connectivity index (χ2n) is 6.64. The molecule has 0 bridgehead atoms. The smallest absolute Gasteiger partial charge is 0.238 e. The number of benzene rings is 2. The number of rotatable bonds is 5. The third-order valence-corrected chi connectivity index (χ3v) is 5.62. The number of nitrogens with zero attached hydrogens (tertiary/aromatic N) is 1. The highest BCUT2D eigenvalue weighted by atomic mass is 32.2. The normalized spacial score (nSPS) is 16.8. The lowest BCUT2D eigenvalue weighted by molar-refractivity contribution is -0.116. The number of amides is 2. The molecule has 5 heteroatoms. The van der Waals surface area contributed by atoms with Crippen LogP contribution in [0.15, 0.2) is 42.5 Å². The second kappa shape index (κ2) is 7.96. The molecule has 1 aliphatic heterocycles. The van der Waals surface area contributed by atoms with Crippen LogP contribution in [0.5, 0.6) is 0 Å². The van der Waals surface area contributed by atoms with Crippen LogP contribution >= 0.6 is 11.8 Å². The van der Waals surface area contributed by atoms with Gasteiger partial charge in [0, 0.05) is 17.8 Å². The minimum atomic E-state index is -0.0769. The Hall–Kier alpha value is -2.27. The van der Waals surface area contributed by atoms with Crippen molar-refractivity contribution in [2.75, 3.05) is 16.0 Å². The fraction of sp³-hybridized carbons (Fsp3) is 0.333. The molecule has 0 radical (unpaired) electrons. The van der Waals surface area contributed by atoms with E-state index >= 15 is 0 Å². The third-order valence-electron chi connectivity index (χ3n) is 4.41. The highest BCUT2D eigenvalue weighted by Gasteiger charge is 2.34. The molecule has 136 valence electrons. The van der Waals surface area contributed by atoms with Crippen LogP contribution in [-0.2, 0) is 9.59 Å². The van der Waals surface area contributed by atoms with Crippen molar-refractivity contribution in [2.45, 2.75) is 39.0 Å². The average Bonchev–Trinajstić information content (AvgIpc) is 2.97. The summed E-state index contributed by atoms with van der Waals surface area (Å²) in [5.41, 5.74) is 5.04. The van der Waals surface area contributed by atoms with Crippen molar-refractivity contribution >= 4 is 35.0 Å². The lowest BCUT2D eigenvalue weighted by Crippen LogP contribution is -2.28. The van der Waals surface area contributed by atoms with Crippen LogP contribution in [-0.4, -0.2) is 17.6 Å². The number of nitrogens with one attached hydrogen (secondary N) is 1. The molecule has 3 rings (SSSR count). The minimum Gasteiger partial charge on any atom is -0.326 e. The fourth-order valence-electron chi connectivity index (χ4n) is 3.23. The molecule has 0 saturated carbocycles. The van der Waals surface area contributed by atoms with Crippen molar-refractivity contribution in [3.05, 3.63) is 59.2 Å². The molecule has 0 spiro atoms. The Kier molecular flexibility index (Phi) is 5.67. The van der Waals surface area contributed by atoms with E-state index in [2.05, 4.69) is 18.3 Å². The topological polar surface area (TPSA) is 49.4 Å². The maximum atomic E-state index is 12.6. The van der Waals surface area contributed by atoms with Gasteiger partial charge in [0.1, 0.15) is 5.37 Å². The van der Waals surface area contributed by atoms with E-state index in [0.29, 0.717) is 12.2 Å². The molecule has 4 nitrogen and oxygen atoms in total. The highest BCUT2D eigenvalue weighted by molar-refractivity contribution is 8.00. The van der Waals surface area contributed by atoms with Gasteiger partial charge in [-0.2, -0.15) is 0 Å². The molecule has 1 aliphatic rings. The quantitative estimate of drug-likeness (QED) is 0.823. The first-order valence-electron chi connectivity index (χ1n) is 8.90. The van der Waals surface area contributed by atoms with Gasteiger partial charge in [-0.15, -0.1) is 11.8 Å². The maximum absolute atomic E-state index is 12.6. The highest BCUT2D eigenvalue weighted by Crippen LogP contribution is 2.43. The van der Waals surface area contributed by atoms with E-state index in [4.69, 9.17) is 0 Å². The Morgan fingerprint density at radius 1 is 1.23 bits per heavy atom. The van der Waals surface area contributed by atoms with Crippen LogP contribution in [0.4, 0.5) is 11.4 Å². The van der Waals surface area contributed by atoms with Crippen molar-refractivity contribution in [3.8, 4) is 0 Å². The van der Waals surface area contributed by atoms with Gasteiger partial charge in [0.15, 0.2) is 0 Å². The Bertz CT molecular complexity index is 835. The first kappa shape index (κ1) is 18.5. The predicted octanol–water partition coefficient (Wildman–Crippen LogP) is 4.82. The van der Waals surface area contributed by atoms with Gasteiger partial charge in [0.2, 0.25) is 11.8 Å². The number of thioether (sulfide) groups is 1. The summed E-state index contributed by atoms with van der Waals surface area (Å²) in [6.45, 7) is 6.08. The Morgan fingerprint density at radius 3 is 2.77 bits per heavy atom. The summed E-state index contributed by atoms with van der Waals surface area (Å²) in [6, 6.07) is 14.0. The summed E-state index contributed by atoms with van der Waals surface area (Å²) in [6.07, 6.45) is 1.33. The monoisotopic (exact) mass is 368 g/mol. The second-order valence-corrected chi connectivity index (χ2v) is 7.71. The van der Waals surface area contributed by atoms with Gasteiger partial charge in [0.25, 0.3) is 0 Å². The van der Waals surface area contributed by atoms with Crippen molar-refractivity contribution in [1.29, 1.82) is 0 Å². The number of hydrogen-bond acceptors (Lipinski definition) is 3. The first-order chi connectivity index (χ1) is 12.5. The Balaban J connectivity index is 1.90. The first-order valence-corrected chi connectivity index (χ1v) is 9.95. The van der Waals surface area contributed by atoms with E-state index in [1.165, 1.54) is 5.56 Å². The zero-order valence-corrected chi connectivity index (χ0v) is 16.2. The van der Waals surface area contributed by atoms with Crippen LogP contribution in [0.2, 0.25) is 0 Å². The lowest BCUT2D eigenvalue weighted by atomic mass is 10.1. The van der Waals surface area contributed by atoms with E-state index in [-0.39, 0.29) is 17.2 Å². The molecule has 1 fully saturated rings. The van der Waals surface area contributed by atoms with Crippen molar-refractivity contribution in [2.24, 2.45) is 0 Å². The largest absolute Gasteiger partial charge is 0.326 e. The van der Waals surface area contributed by atoms with Crippen LogP contribution < -0.4 is 10.2 Å². The van der Waals surface area contributed by atoms with Crippen molar-refractivity contribution in [1.82, 2.24) is 0 Å². The number of anilines is 2. The van der Waals surface area contributed by atoms with E-state index in [0.717, 1.165) is 28.9 Å². The molecule has 2 aromatic carbocycles. The van der Waals surface area contributed by atoms with E-state index in [1.54, 1.807) is 11.8 Å². The Morgan fingerprint density at radius 2 is 2.04 bits per heavy atom. The molecular formula is C21H24N2O2S. The van der Waals surface area contributed by atoms with Crippen molar-refractivity contribution in [3.63, 3.8) is 0 Å². The van der Waals surface area contributed by atoms with Gasteiger partial charge in [-0.1, -0.05) is 36.8 Å². The average molecular weight is 369 g/mol. The van der Waals surface area contributed by atoms with Crippen LogP contribution in [0.25, 0.3) is 0 Å². The van der Waals surface area contributed by atoms with E-state index in [9.17, 15) is 9.59 Å². The molecule has 0 aromatic heterocycles. The fourth-order valence-corrected chi connectivity index (χ4v) is 4.39. The lowest BCUT2D eigenvalue weighted by Gasteiger charge is -2.26. The molecule has 26 heavy (non-hydrogen) atoms. The van der Waals surface area contributed by atoms with E-state index in [1.807, 2.05) is 55.1 Å². The molecule has 0 unspecified atom stereocenters. The number of carbonyl (C=O) groups excluding carboxylic acids is 2. The van der Waals surface area contributed by atoms with Crippen molar-refractivity contribution < 1.29 is 9.59 Å². The molecule has 2 amide bonds. The molecule has 1 N–H and O–H groups in total. The molecule has 0 aliphatic carbocycles. The zero-order valence-electron chi connectivity index (χ0n) is 15.4. The summed E-state index contributed by atoms with van der Waals surface area (Å²) in [5, 5.41) is 2.86.